The minimum Gasteiger partial charge on any atom is -0.203 e. The number of hydrogen-bond acceptors (Lipinski definition) is 0. The molecule has 0 amide bonds. The maximum absolute atomic E-state index is 14.1. The molecular formula is C80H58Cl6F16. The highest BCUT2D eigenvalue weighted by Crippen LogP contribution is 2.54. The number of halogens is 22. The summed E-state index contributed by atoms with van der Waals surface area (Å²) in [5, 5.41) is 4.89. The smallest absolute Gasteiger partial charge is 0.203 e. The second-order valence-corrected chi connectivity index (χ2v) is 27.9. The molecule has 20 aliphatic carbocycles. The maximum Gasteiger partial charge on any atom is 0.339 e. The standard InChI is InChI=1S/C16H12Cl4.C16H14Cl2.2C16H8F8.C16H16/c17-13-7-11-3-4-12-8-15(19)10(6-16(12)20)2-1-9(13)5-14(11)18;17-15-9-11-1-2-12-4-6-14(16(18)10-12)8-7-13(15)5-3-11;17-13(18)9-1-2-10(4-3-9)14(19,20)16(23,24)12-7-5-11(6-8-12)15(13,21)22;17-9-5-1-2-6-11(19)15(23)8(16(24)12(6)20)4-3-7(13(9)21)14(22)10(5)18;1-2-14-4-3-13(1)9-10-15-5-7-16(8-6-15)12-11-14/h5-8H,1-4H2;3-6,9-10H,1-2,7-8H2;1-8H;1-4H2;1-8H,9-12H2. The van der Waals surface area contributed by atoms with E-state index in [2.05, 4.69) is 84.9 Å². The van der Waals surface area contributed by atoms with Crippen molar-refractivity contribution in [1.29, 1.82) is 0 Å². The Morgan fingerprint density at radius 2 is 0.353 bits per heavy atom. The topological polar surface area (TPSA) is 0 Å². The van der Waals surface area contributed by atoms with Crippen LogP contribution in [0.4, 0.5) is 70.2 Å². The van der Waals surface area contributed by atoms with Crippen LogP contribution in [0.2, 0.25) is 30.1 Å². The molecule has 0 spiro atoms. The van der Waals surface area contributed by atoms with Crippen molar-refractivity contribution in [2.45, 2.75) is 126 Å². The highest BCUT2D eigenvalue weighted by Gasteiger charge is 2.62. The number of alkyl halides is 8. The highest BCUT2D eigenvalue weighted by molar-refractivity contribution is 6.35. The summed E-state index contributed by atoms with van der Waals surface area (Å²) in [6.45, 7) is 0. The van der Waals surface area contributed by atoms with E-state index in [9.17, 15) is 70.2 Å². The Morgan fingerprint density at radius 3 is 0.549 bits per heavy atom. The monoisotopic (exact) mass is 1530 g/mol. The number of hydrogen-bond donors (Lipinski definition) is 0. The fourth-order valence-corrected chi connectivity index (χ4v) is 14.4. The zero-order valence-corrected chi connectivity index (χ0v) is 58.2. The fourth-order valence-electron chi connectivity index (χ4n) is 12.7. The molecule has 22 heteroatoms. The molecule has 0 unspecified atom stereocenters. The van der Waals surface area contributed by atoms with Gasteiger partial charge in [-0.05, 0) is 206 Å². The molecule has 0 N–H and O–H groups in total. The van der Waals surface area contributed by atoms with Gasteiger partial charge in [0.2, 0.25) is 0 Å². The van der Waals surface area contributed by atoms with Gasteiger partial charge in [-0.15, -0.1) is 0 Å². The zero-order valence-electron chi connectivity index (χ0n) is 53.6. The van der Waals surface area contributed by atoms with Crippen LogP contribution >= 0.6 is 69.6 Å². The van der Waals surface area contributed by atoms with E-state index < -0.39 is 140 Å². The Bertz CT molecular complexity index is 4150. The molecule has 0 saturated carbocycles. The quantitative estimate of drug-likeness (QED) is 0.105. The third-order valence-electron chi connectivity index (χ3n) is 19.0. The molecule has 0 radical (unpaired) electrons. The van der Waals surface area contributed by atoms with E-state index in [1.165, 1.54) is 44.5 Å². The summed E-state index contributed by atoms with van der Waals surface area (Å²) in [5.41, 5.74) is 5.75. The second-order valence-electron chi connectivity index (χ2n) is 25.4. The summed E-state index contributed by atoms with van der Waals surface area (Å²) in [7, 11) is 0. The molecule has 20 bridgehead atoms. The van der Waals surface area contributed by atoms with Crippen molar-refractivity contribution in [1.82, 2.24) is 0 Å². The largest absolute Gasteiger partial charge is 0.339 e. The minimum absolute atomic E-state index is 0.307. The average molecular weight is 1540 g/mol. The van der Waals surface area contributed by atoms with Crippen LogP contribution in [0.25, 0.3) is 0 Å². The minimum atomic E-state index is -4.70. The van der Waals surface area contributed by atoms with Crippen LogP contribution in [0.3, 0.4) is 0 Å². The summed E-state index contributed by atoms with van der Waals surface area (Å²) in [6, 6.07) is 41.5. The average Bonchev–Trinajstić information content (AvgIpc) is 0.647. The lowest BCUT2D eigenvalue weighted by molar-refractivity contribution is -0.227. The van der Waals surface area contributed by atoms with Gasteiger partial charge in [-0.25, -0.2) is 35.1 Å². The molecular weight excluding hydrogens is 1480 g/mol. The van der Waals surface area contributed by atoms with Crippen LogP contribution in [0, 0.1) is 46.5 Å². The van der Waals surface area contributed by atoms with Gasteiger partial charge in [0.25, 0.3) is 0 Å². The first-order chi connectivity index (χ1) is 48.3. The third-order valence-corrected chi connectivity index (χ3v) is 21.1. The molecule has 20 aliphatic rings. The van der Waals surface area contributed by atoms with E-state index in [0.29, 0.717) is 48.5 Å². The van der Waals surface area contributed by atoms with E-state index in [1.807, 2.05) is 24.3 Å². The van der Waals surface area contributed by atoms with Gasteiger partial charge in [-0.1, -0.05) is 191 Å². The molecule has 102 heavy (non-hydrogen) atoms. The SMILES string of the molecule is Clc1cc2c(Cl)cc1CCc1cc(Cl)c(cc1Cl)CC2.Clc1cc2ccc1CCc1ccc(cc1Cl)CC2.FC1(F)c2ccc(cc2)C(F)(F)C(F)(F)c2ccc(cc2)C1(F)F.Fc1c(F)c2c(F)c(F)c1CCc1c(F)c(F)c(c(F)c1F)CC2.c1cc2ccc1CCc1ccc(cc1)CC2. The molecule has 0 aromatic heterocycles. The first kappa shape index (κ1) is 76.0. The predicted octanol–water partition coefficient (Wildman–Crippen LogP) is 25.1. The van der Waals surface area contributed by atoms with Gasteiger partial charge in [0, 0.05) is 74.6 Å². The lowest BCUT2D eigenvalue weighted by atomic mass is 9.89. The van der Waals surface area contributed by atoms with Crippen molar-refractivity contribution in [2.75, 3.05) is 0 Å². The van der Waals surface area contributed by atoms with Crippen LogP contribution in [-0.4, -0.2) is 0 Å². The Balaban J connectivity index is 0.000000129. The van der Waals surface area contributed by atoms with Gasteiger partial charge in [0.15, 0.2) is 46.5 Å². The summed E-state index contributed by atoms with van der Waals surface area (Å²) in [4.78, 5) is 0. The van der Waals surface area contributed by atoms with E-state index in [-0.39, 0.29) is 0 Å². The zero-order chi connectivity index (χ0) is 73.3. The molecule has 0 saturated heterocycles. The van der Waals surface area contributed by atoms with Crippen LogP contribution in [0.1, 0.15) is 111 Å². The van der Waals surface area contributed by atoms with E-state index in [1.54, 1.807) is 0 Å². The lowest BCUT2D eigenvalue weighted by Gasteiger charge is -2.31. The van der Waals surface area contributed by atoms with Crippen LogP contribution in [0.15, 0.2) is 158 Å². The molecule has 0 atom stereocenters. The summed E-state index contributed by atoms with van der Waals surface area (Å²) in [5.74, 6) is -32.3. The number of rotatable bonds is 0. The van der Waals surface area contributed by atoms with Gasteiger partial charge in [-0.2, -0.15) is 35.1 Å². The van der Waals surface area contributed by atoms with Gasteiger partial charge in [0.1, 0.15) is 0 Å². The Kier molecular flexibility index (Phi) is 23.3. The Morgan fingerprint density at radius 1 is 0.186 bits per heavy atom. The van der Waals surface area contributed by atoms with E-state index in [0.717, 1.165) is 129 Å². The van der Waals surface area contributed by atoms with Gasteiger partial charge >= 0.3 is 23.7 Å². The van der Waals surface area contributed by atoms with E-state index >= 15 is 0 Å². The first-order valence-electron chi connectivity index (χ1n) is 32.4. The molecule has 0 aliphatic heterocycles. The van der Waals surface area contributed by atoms with Crippen LogP contribution in [0.5, 0.6) is 0 Å². The molecule has 532 valence electrons. The molecule has 0 nitrogen and oxygen atoms in total. The maximum atomic E-state index is 14.1. The number of aryl methyl sites for hydroxylation is 12. The summed E-state index contributed by atoms with van der Waals surface area (Å²) < 4.78 is 224. The molecule has 30 rings (SSSR count). The first-order valence-corrected chi connectivity index (χ1v) is 34.7. The number of benzene rings is 10. The Hall–Kier alpha value is -7.18. The predicted molar refractivity (Wildman–Crippen MR) is 369 cm³/mol. The van der Waals surface area contributed by atoms with Gasteiger partial charge in [-0.3, -0.25) is 0 Å². The third kappa shape index (κ3) is 16.0. The summed E-state index contributed by atoms with van der Waals surface area (Å²) >= 11 is 38.0. The van der Waals surface area contributed by atoms with Crippen molar-refractivity contribution in [3.05, 3.63) is 346 Å². The van der Waals surface area contributed by atoms with Crippen LogP contribution < -0.4 is 0 Å². The lowest BCUT2D eigenvalue weighted by Crippen LogP contribution is -2.38. The molecule has 10 aromatic carbocycles. The van der Waals surface area contributed by atoms with Crippen molar-refractivity contribution in [2.24, 2.45) is 0 Å². The van der Waals surface area contributed by atoms with Gasteiger partial charge in [0.05, 0.1) is 0 Å². The summed E-state index contributed by atoms with van der Waals surface area (Å²) in [6.07, 6.45) is 8.20. The van der Waals surface area contributed by atoms with Crippen molar-refractivity contribution < 1.29 is 70.2 Å². The highest BCUT2D eigenvalue weighted by atomic mass is 35.5. The second kappa shape index (κ2) is 31.3. The van der Waals surface area contributed by atoms with Crippen LogP contribution in [-0.2, 0) is 126 Å². The van der Waals surface area contributed by atoms with Crippen molar-refractivity contribution in [3.63, 3.8) is 0 Å². The normalized spacial score (nSPS) is 16.2. The van der Waals surface area contributed by atoms with Gasteiger partial charge < -0.3 is 0 Å². The molecule has 0 heterocycles. The van der Waals surface area contributed by atoms with Crippen molar-refractivity contribution in [3.8, 4) is 0 Å². The molecule has 10 aromatic rings. The fraction of sp³-hybridized carbons (Fsp3) is 0.250. The van der Waals surface area contributed by atoms with Crippen molar-refractivity contribution >= 4 is 69.6 Å². The Labute approximate surface area is 608 Å². The molecule has 0 fully saturated rings. The van der Waals surface area contributed by atoms with E-state index in [4.69, 9.17) is 69.6 Å².